The topological polar surface area (TPSA) is 17.8 Å². The second kappa shape index (κ2) is 4.47. The Morgan fingerprint density at radius 1 is 1.62 bits per heavy atom. The standard InChI is InChI=1S/C9H14BrClN2/c1-4-7(11)5-8-9(10)6(2)12-13(8)3/h7H,4-5H2,1-3H3. The lowest BCUT2D eigenvalue weighted by molar-refractivity contribution is 0.675. The lowest BCUT2D eigenvalue weighted by Crippen LogP contribution is -2.07. The number of hydrogen-bond acceptors (Lipinski definition) is 1. The van der Waals surface area contributed by atoms with Crippen LogP contribution in [0.2, 0.25) is 0 Å². The van der Waals surface area contributed by atoms with E-state index in [0.29, 0.717) is 0 Å². The van der Waals surface area contributed by atoms with Crippen LogP contribution in [0.1, 0.15) is 24.7 Å². The van der Waals surface area contributed by atoms with Crippen molar-refractivity contribution in [2.75, 3.05) is 0 Å². The molecule has 0 N–H and O–H groups in total. The van der Waals surface area contributed by atoms with Gasteiger partial charge in [0.25, 0.3) is 0 Å². The molecule has 1 rings (SSSR count). The summed E-state index contributed by atoms with van der Waals surface area (Å²) in [6.45, 7) is 4.08. The maximum absolute atomic E-state index is 6.09. The third kappa shape index (κ3) is 2.47. The van der Waals surface area contributed by atoms with Crippen molar-refractivity contribution in [2.45, 2.75) is 32.1 Å². The Bertz CT molecular complexity index is 296. The summed E-state index contributed by atoms with van der Waals surface area (Å²) in [5, 5.41) is 4.51. The van der Waals surface area contributed by atoms with Gasteiger partial charge in [-0.25, -0.2) is 0 Å². The van der Waals surface area contributed by atoms with Crippen LogP contribution in [-0.4, -0.2) is 15.2 Å². The van der Waals surface area contributed by atoms with Crippen molar-refractivity contribution >= 4 is 27.5 Å². The molecule has 0 amide bonds. The zero-order valence-corrected chi connectivity index (χ0v) is 10.5. The molecule has 0 aliphatic heterocycles. The predicted octanol–water partition coefficient (Wildman–Crippen LogP) is 3.05. The first-order chi connectivity index (χ1) is 6.06. The molecule has 1 heterocycles. The summed E-state index contributed by atoms with van der Waals surface area (Å²) in [6.07, 6.45) is 1.86. The summed E-state index contributed by atoms with van der Waals surface area (Å²) in [4.78, 5) is 0. The normalized spacial score (nSPS) is 13.3. The van der Waals surface area contributed by atoms with Crippen LogP contribution in [0, 0.1) is 6.92 Å². The quantitative estimate of drug-likeness (QED) is 0.768. The van der Waals surface area contributed by atoms with E-state index in [1.165, 1.54) is 5.69 Å². The van der Waals surface area contributed by atoms with Gasteiger partial charge in [0.15, 0.2) is 0 Å². The maximum Gasteiger partial charge on any atom is 0.0738 e. The molecule has 1 atom stereocenters. The molecule has 1 aromatic heterocycles. The Labute approximate surface area is 92.4 Å². The number of aromatic nitrogens is 2. The summed E-state index contributed by atoms with van der Waals surface area (Å²) in [5.41, 5.74) is 2.21. The predicted molar refractivity (Wildman–Crippen MR) is 59.3 cm³/mol. The number of hydrogen-bond donors (Lipinski definition) is 0. The van der Waals surface area contributed by atoms with Crippen molar-refractivity contribution in [3.05, 3.63) is 15.9 Å². The minimum Gasteiger partial charge on any atom is -0.271 e. The number of halogens is 2. The summed E-state index contributed by atoms with van der Waals surface area (Å²) in [5.74, 6) is 0. The molecule has 0 saturated carbocycles. The van der Waals surface area contributed by atoms with Crippen LogP contribution in [0.25, 0.3) is 0 Å². The Morgan fingerprint density at radius 2 is 2.23 bits per heavy atom. The SMILES string of the molecule is CCC(Cl)Cc1c(Br)c(C)nn1C. The lowest BCUT2D eigenvalue weighted by atomic mass is 10.2. The molecule has 0 aliphatic carbocycles. The number of rotatable bonds is 3. The zero-order valence-electron chi connectivity index (χ0n) is 8.14. The van der Waals surface area contributed by atoms with Crippen LogP contribution < -0.4 is 0 Å². The molecule has 0 bridgehead atoms. The third-order valence-corrected chi connectivity index (χ3v) is 3.61. The summed E-state index contributed by atoms with van der Waals surface area (Å²) >= 11 is 9.61. The fourth-order valence-electron chi connectivity index (χ4n) is 1.26. The molecular formula is C9H14BrClN2. The molecule has 0 aliphatic rings. The van der Waals surface area contributed by atoms with Crippen molar-refractivity contribution in [2.24, 2.45) is 7.05 Å². The van der Waals surface area contributed by atoms with E-state index in [1.54, 1.807) is 0 Å². The molecule has 0 fully saturated rings. The van der Waals surface area contributed by atoms with Gasteiger partial charge in [-0.1, -0.05) is 6.92 Å². The van der Waals surface area contributed by atoms with Crippen molar-refractivity contribution < 1.29 is 0 Å². The molecule has 1 aromatic rings. The fraction of sp³-hybridized carbons (Fsp3) is 0.667. The molecule has 0 spiro atoms. The molecule has 2 nitrogen and oxygen atoms in total. The minimum atomic E-state index is 0.200. The van der Waals surface area contributed by atoms with Gasteiger partial charge in [-0.15, -0.1) is 11.6 Å². The van der Waals surface area contributed by atoms with E-state index < -0.39 is 0 Å². The molecule has 1 unspecified atom stereocenters. The maximum atomic E-state index is 6.09. The summed E-state index contributed by atoms with van der Waals surface area (Å²) < 4.78 is 2.99. The van der Waals surface area contributed by atoms with Crippen LogP contribution in [0.4, 0.5) is 0 Å². The molecule has 4 heteroatoms. The molecule has 13 heavy (non-hydrogen) atoms. The van der Waals surface area contributed by atoms with Gasteiger partial charge in [0.2, 0.25) is 0 Å². The number of nitrogens with zero attached hydrogens (tertiary/aromatic N) is 2. The van der Waals surface area contributed by atoms with E-state index in [4.69, 9.17) is 11.6 Å². The first-order valence-electron chi connectivity index (χ1n) is 4.38. The van der Waals surface area contributed by atoms with E-state index >= 15 is 0 Å². The van der Waals surface area contributed by atoms with Gasteiger partial charge in [-0.2, -0.15) is 5.10 Å². The summed E-state index contributed by atoms with van der Waals surface area (Å²) in [6, 6.07) is 0. The van der Waals surface area contributed by atoms with E-state index in [0.717, 1.165) is 23.0 Å². The largest absolute Gasteiger partial charge is 0.271 e. The van der Waals surface area contributed by atoms with Crippen LogP contribution >= 0.6 is 27.5 Å². The molecule has 0 aromatic carbocycles. The first-order valence-corrected chi connectivity index (χ1v) is 5.61. The van der Waals surface area contributed by atoms with Gasteiger partial charge < -0.3 is 0 Å². The number of aryl methyl sites for hydroxylation is 2. The van der Waals surface area contributed by atoms with Gasteiger partial charge in [0.05, 0.1) is 15.9 Å². The Hall–Kier alpha value is -0.0200. The van der Waals surface area contributed by atoms with Crippen LogP contribution in [0.5, 0.6) is 0 Å². The molecule has 74 valence electrons. The highest BCUT2D eigenvalue weighted by Crippen LogP contribution is 2.23. The van der Waals surface area contributed by atoms with Gasteiger partial charge in [0, 0.05) is 18.8 Å². The van der Waals surface area contributed by atoms with Crippen LogP contribution in [-0.2, 0) is 13.5 Å². The number of alkyl halides is 1. The highest BCUT2D eigenvalue weighted by molar-refractivity contribution is 9.10. The second-order valence-electron chi connectivity index (χ2n) is 3.18. The van der Waals surface area contributed by atoms with Crippen LogP contribution in [0.3, 0.4) is 0 Å². The average molecular weight is 266 g/mol. The average Bonchev–Trinajstić information content (AvgIpc) is 2.32. The Balaban J connectivity index is 2.87. The minimum absolute atomic E-state index is 0.200. The van der Waals surface area contributed by atoms with E-state index in [-0.39, 0.29) is 5.38 Å². The van der Waals surface area contributed by atoms with E-state index in [2.05, 4.69) is 28.0 Å². The van der Waals surface area contributed by atoms with E-state index in [1.807, 2.05) is 18.7 Å². The molecule has 0 radical (unpaired) electrons. The second-order valence-corrected chi connectivity index (χ2v) is 4.59. The smallest absolute Gasteiger partial charge is 0.0738 e. The van der Waals surface area contributed by atoms with Gasteiger partial charge >= 0.3 is 0 Å². The molecule has 0 saturated heterocycles. The van der Waals surface area contributed by atoms with Crippen molar-refractivity contribution in [1.82, 2.24) is 9.78 Å². The fourth-order valence-corrected chi connectivity index (χ4v) is 1.90. The van der Waals surface area contributed by atoms with Gasteiger partial charge in [-0.05, 0) is 29.3 Å². The van der Waals surface area contributed by atoms with Crippen molar-refractivity contribution in [3.63, 3.8) is 0 Å². The monoisotopic (exact) mass is 264 g/mol. The Morgan fingerprint density at radius 3 is 2.62 bits per heavy atom. The first kappa shape index (κ1) is 11.1. The highest BCUT2D eigenvalue weighted by Gasteiger charge is 2.13. The van der Waals surface area contributed by atoms with Gasteiger partial charge in [-0.3, -0.25) is 4.68 Å². The van der Waals surface area contributed by atoms with Crippen molar-refractivity contribution in [3.8, 4) is 0 Å². The lowest BCUT2D eigenvalue weighted by Gasteiger charge is -2.06. The van der Waals surface area contributed by atoms with Crippen LogP contribution in [0.15, 0.2) is 4.47 Å². The third-order valence-electron chi connectivity index (χ3n) is 2.12. The summed E-state index contributed by atoms with van der Waals surface area (Å²) in [7, 11) is 1.95. The van der Waals surface area contributed by atoms with Crippen molar-refractivity contribution in [1.29, 1.82) is 0 Å². The molecular weight excluding hydrogens is 251 g/mol. The Kier molecular flexibility index (Phi) is 3.80. The van der Waals surface area contributed by atoms with E-state index in [9.17, 15) is 0 Å². The zero-order chi connectivity index (χ0) is 10.0. The van der Waals surface area contributed by atoms with Gasteiger partial charge in [0.1, 0.15) is 0 Å². The highest BCUT2D eigenvalue weighted by atomic mass is 79.9.